The van der Waals surface area contributed by atoms with E-state index in [4.69, 9.17) is 0 Å². The Bertz CT molecular complexity index is 723. The summed E-state index contributed by atoms with van der Waals surface area (Å²) < 4.78 is 105. The Kier molecular flexibility index (Phi) is 5.55. The first-order valence-corrected chi connectivity index (χ1v) is 6.87. The molecule has 142 valence electrons. The summed E-state index contributed by atoms with van der Waals surface area (Å²) in [6.07, 6.45) is -9.80. The van der Waals surface area contributed by atoms with Crippen LogP contribution >= 0.6 is 0 Å². The molecule has 0 bridgehead atoms. The Morgan fingerprint density at radius 1 is 0.960 bits per heavy atom. The standard InChI is InChI=1S/C11H8F8N4.C2H6/c1-5-3-23(4-20-5)8-6(10(14,15)16)7(21-22(8)2)9(12,13)11(17,18)19;1-2/h3-4H,1-2H3;1-2H3. The zero-order valence-corrected chi connectivity index (χ0v) is 13.5. The molecule has 0 atom stereocenters. The van der Waals surface area contributed by atoms with E-state index < -0.39 is 35.4 Å². The lowest BCUT2D eigenvalue weighted by atomic mass is 10.1. The minimum Gasteiger partial charge on any atom is -0.290 e. The van der Waals surface area contributed by atoms with E-state index in [2.05, 4.69) is 10.1 Å². The third-order valence-corrected chi connectivity index (χ3v) is 2.91. The van der Waals surface area contributed by atoms with E-state index in [1.165, 1.54) is 6.92 Å². The van der Waals surface area contributed by atoms with Crippen LogP contribution in [0.15, 0.2) is 12.5 Å². The molecular weight excluding hydrogens is 364 g/mol. The summed E-state index contributed by atoms with van der Waals surface area (Å²) >= 11 is 0. The van der Waals surface area contributed by atoms with E-state index in [9.17, 15) is 35.1 Å². The second-order valence-corrected chi connectivity index (χ2v) is 4.66. The molecule has 2 rings (SSSR count). The number of alkyl halides is 8. The van der Waals surface area contributed by atoms with E-state index in [0.717, 1.165) is 19.6 Å². The van der Waals surface area contributed by atoms with Crippen LogP contribution in [0.5, 0.6) is 0 Å². The molecule has 0 aromatic carbocycles. The van der Waals surface area contributed by atoms with Gasteiger partial charge >= 0.3 is 18.3 Å². The first kappa shape index (κ1) is 20.9. The second-order valence-electron chi connectivity index (χ2n) is 4.66. The smallest absolute Gasteiger partial charge is 0.290 e. The monoisotopic (exact) mass is 378 g/mol. The number of halogens is 8. The number of hydrogen-bond donors (Lipinski definition) is 0. The van der Waals surface area contributed by atoms with Crippen LogP contribution in [0.3, 0.4) is 0 Å². The summed E-state index contributed by atoms with van der Waals surface area (Å²) in [4.78, 5) is 3.62. The van der Waals surface area contributed by atoms with Crippen molar-refractivity contribution < 1.29 is 35.1 Å². The fourth-order valence-corrected chi connectivity index (χ4v) is 1.96. The molecule has 0 aliphatic heterocycles. The lowest BCUT2D eigenvalue weighted by Crippen LogP contribution is -2.36. The normalized spacial score (nSPS) is 12.8. The van der Waals surface area contributed by atoms with E-state index in [0.29, 0.717) is 9.25 Å². The minimum atomic E-state index is -6.22. The Hall–Kier alpha value is -2.14. The summed E-state index contributed by atoms with van der Waals surface area (Å²) in [5.74, 6) is -6.75. The summed E-state index contributed by atoms with van der Waals surface area (Å²) in [5.41, 5.74) is -4.33. The highest BCUT2D eigenvalue weighted by Crippen LogP contribution is 2.49. The number of aryl methyl sites for hydroxylation is 2. The van der Waals surface area contributed by atoms with Gasteiger partial charge in [-0.05, 0) is 6.92 Å². The molecule has 0 N–H and O–H groups in total. The van der Waals surface area contributed by atoms with Gasteiger partial charge in [-0.3, -0.25) is 9.25 Å². The van der Waals surface area contributed by atoms with Crippen molar-refractivity contribution in [2.45, 2.75) is 39.0 Å². The summed E-state index contributed by atoms with van der Waals surface area (Å²) in [6.45, 7) is 5.41. The van der Waals surface area contributed by atoms with Crippen molar-refractivity contribution in [1.29, 1.82) is 0 Å². The Balaban J connectivity index is 0.00000151. The molecule has 0 saturated carbocycles. The van der Waals surface area contributed by atoms with Gasteiger partial charge in [0.2, 0.25) is 0 Å². The van der Waals surface area contributed by atoms with Crippen LogP contribution in [-0.4, -0.2) is 25.5 Å². The summed E-state index contributed by atoms with van der Waals surface area (Å²) in [6, 6.07) is 0. The van der Waals surface area contributed by atoms with Crippen LogP contribution < -0.4 is 0 Å². The third kappa shape index (κ3) is 3.76. The van der Waals surface area contributed by atoms with Crippen molar-refractivity contribution in [3.8, 4) is 5.82 Å². The number of hydrogen-bond acceptors (Lipinski definition) is 2. The van der Waals surface area contributed by atoms with Crippen molar-refractivity contribution in [1.82, 2.24) is 19.3 Å². The SMILES string of the molecule is CC.Cc1cn(-c2c(C(F)(F)F)c(C(F)(F)C(F)(F)F)nn2C)cn1. The topological polar surface area (TPSA) is 35.6 Å². The maximum atomic E-state index is 13.4. The summed E-state index contributed by atoms with van der Waals surface area (Å²) in [5, 5.41) is 2.78. The van der Waals surface area contributed by atoms with E-state index >= 15 is 0 Å². The van der Waals surface area contributed by atoms with Gasteiger partial charge in [-0.2, -0.15) is 40.2 Å². The van der Waals surface area contributed by atoms with Crippen LogP contribution in [0.1, 0.15) is 30.8 Å². The number of aromatic nitrogens is 4. The van der Waals surface area contributed by atoms with Gasteiger partial charge in [0.25, 0.3) is 0 Å². The maximum absolute atomic E-state index is 13.4. The van der Waals surface area contributed by atoms with Gasteiger partial charge in [-0.25, -0.2) is 4.98 Å². The lowest BCUT2D eigenvalue weighted by molar-refractivity contribution is -0.292. The highest BCUT2D eigenvalue weighted by atomic mass is 19.4. The molecule has 0 fully saturated rings. The van der Waals surface area contributed by atoms with Gasteiger partial charge in [0.15, 0.2) is 5.69 Å². The fourth-order valence-electron chi connectivity index (χ4n) is 1.96. The maximum Gasteiger partial charge on any atom is 0.459 e. The molecule has 0 aliphatic rings. The third-order valence-electron chi connectivity index (χ3n) is 2.91. The van der Waals surface area contributed by atoms with Crippen LogP contribution in [0.4, 0.5) is 35.1 Å². The molecule has 25 heavy (non-hydrogen) atoms. The molecule has 4 nitrogen and oxygen atoms in total. The first-order chi connectivity index (χ1) is 11.3. The van der Waals surface area contributed by atoms with Crippen LogP contribution in [-0.2, 0) is 19.1 Å². The van der Waals surface area contributed by atoms with E-state index in [1.54, 1.807) is 0 Å². The quantitative estimate of drug-likeness (QED) is 0.716. The largest absolute Gasteiger partial charge is 0.459 e. The van der Waals surface area contributed by atoms with Crippen LogP contribution in [0.25, 0.3) is 5.82 Å². The van der Waals surface area contributed by atoms with Gasteiger partial charge in [0.05, 0.1) is 5.69 Å². The Morgan fingerprint density at radius 3 is 1.84 bits per heavy atom. The van der Waals surface area contributed by atoms with Gasteiger partial charge in [-0.1, -0.05) is 13.8 Å². The van der Waals surface area contributed by atoms with Crippen molar-refractivity contribution in [3.63, 3.8) is 0 Å². The number of nitrogens with zero attached hydrogens (tertiary/aromatic N) is 4. The average molecular weight is 378 g/mol. The highest BCUT2D eigenvalue weighted by molar-refractivity contribution is 5.43. The van der Waals surface area contributed by atoms with Crippen LogP contribution in [0.2, 0.25) is 0 Å². The molecule has 0 unspecified atom stereocenters. The van der Waals surface area contributed by atoms with E-state index in [-0.39, 0.29) is 5.69 Å². The van der Waals surface area contributed by atoms with Crippen molar-refractivity contribution in [3.05, 3.63) is 29.5 Å². The predicted molar refractivity (Wildman–Crippen MR) is 71.4 cm³/mol. The van der Waals surface area contributed by atoms with Crippen molar-refractivity contribution in [2.24, 2.45) is 7.05 Å². The second kappa shape index (κ2) is 6.64. The first-order valence-electron chi connectivity index (χ1n) is 6.87. The average Bonchev–Trinajstić information content (AvgIpc) is 3.02. The molecule has 12 heteroatoms. The fraction of sp³-hybridized carbons (Fsp3) is 0.538. The molecule has 0 amide bonds. The highest BCUT2D eigenvalue weighted by Gasteiger charge is 2.64. The molecule has 2 aromatic heterocycles. The zero-order valence-electron chi connectivity index (χ0n) is 13.5. The van der Waals surface area contributed by atoms with Gasteiger partial charge < -0.3 is 0 Å². The lowest BCUT2D eigenvalue weighted by Gasteiger charge is -2.19. The summed E-state index contributed by atoms with van der Waals surface area (Å²) in [7, 11) is 0.829. The number of rotatable bonds is 2. The molecule has 0 saturated heterocycles. The van der Waals surface area contributed by atoms with Crippen molar-refractivity contribution >= 4 is 0 Å². The molecule has 0 spiro atoms. The minimum absolute atomic E-state index is 0.239. The van der Waals surface area contributed by atoms with Crippen LogP contribution in [0, 0.1) is 6.92 Å². The Labute approximate surface area is 137 Å². The predicted octanol–water partition coefficient (Wildman–Crippen LogP) is 4.61. The molecule has 2 aromatic rings. The number of imidazole rings is 1. The van der Waals surface area contributed by atoms with E-state index in [1.807, 2.05) is 13.8 Å². The Morgan fingerprint density at radius 2 is 1.48 bits per heavy atom. The molecule has 0 radical (unpaired) electrons. The molecular formula is C13H14F8N4. The van der Waals surface area contributed by atoms with Crippen molar-refractivity contribution in [2.75, 3.05) is 0 Å². The molecule has 0 aliphatic carbocycles. The van der Waals surface area contributed by atoms with Gasteiger partial charge in [-0.15, -0.1) is 0 Å². The molecule has 2 heterocycles. The van der Waals surface area contributed by atoms with Gasteiger partial charge in [0, 0.05) is 13.2 Å². The van der Waals surface area contributed by atoms with Gasteiger partial charge in [0.1, 0.15) is 17.7 Å². The zero-order chi connectivity index (χ0) is 19.8.